The van der Waals surface area contributed by atoms with E-state index in [0.29, 0.717) is 5.88 Å². The van der Waals surface area contributed by atoms with E-state index >= 15 is 0 Å². The van der Waals surface area contributed by atoms with Gasteiger partial charge >= 0.3 is 0 Å². The first-order valence-corrected chi connectivity index (χ1v) is 4.56. The highest BCUT2D eigenvalue weighted by Crippen LogP contribution is 2.12. The first-order chi connectivity index (χ1) is 4.70. The van der Waals surface area contributed by atoms with Crippen molar-refractivity contribution >= 4 is 34.8 Å². The number of hydrogen-bond acceptors (Lipinski definition) is 1. The number of hydrogen-bond donors (Lipinski definition) is 1. The van der Waals surface area contributed by atoms with Crippen molar-refractivity contribution in [2.75, 3.05) is 12.5 Å². The second kappa shape index (κ2) is 6.53. The molecule has 0 amide bonds. The molecule has 0 saturated carbocycles. The van der Waals surface area contributed by atoms with Crippen molar-refractivity contribution in [2.24, 2.45) is 0 Å². The minimum absolute atomic E-state index is 0.00739. The molecule has 10 heavy (non-hydrogen) atoms. The second-order valence-corrected chi connectivity index (χ2v) is 3.65. The smallest absolute Gasteiger partial charge is 0.0595 e. The highest BCUT2D eigenvalue weighted by atomic mass is 35.5. The second-order valence-electron chi connectivity index (χ2n) is 2.11. The lowest BCUT2D eigenvalue weighted by Crippen LogP contribution is -2.09. The van der Waals surface area contributed by atoms with Crippen LogP contribution >= 0.6 is 34.8 Å². The molecular weight excluding hydrogens is 194 g/mol. The van der Waals surface area contributed by atoms with Crippen LogP contribution in [-0.4, -0.2) is 28.3 Å². The summed E-state index contributed by atoms with van der Waals surface area (Å²) in [7, 11) is 0. The summed E-state index contributed by atoms with van der Waals surface area (Å²) in [5, 5.41) is 8.32. The molecule has 0 aliphatic heterocycles. The largest absolute Gasteiger partial charge is 0.395 e. The van der Waals surface area contributed by atoms with Gasteiger partial charge in [-0.15, -0.1) is 34.8 Å². The number of rotatable bonds is 5. The third kappa shape index (κ3) is 5.60. The predicted molar refractivity (Wildman–Crippen MR) is 46.3 cm³/mol. The Hall–Kier alpha value is 0.830. The summed E-state index contributed by atoms with van der Waals surface area (Å²) in [5.41, 5.74) is 0. The van der Waals surface area contributed by atoms with E-state index in [-0.39, 0.29) is 17.4 Å². The van der Waals surface area contributed by atoms with Gasteiger partial charge in [-0.2, -0.15) is 0 Å². The summed E-state index contributed by atoms with van der Waals surface area (Å²) in [5.74, 6) is 0.441. The van der Waals surface area contributed by atoms with E-state index in [0.717, 1.165) is 12.8 Å². The molecule has 0 aromatic carbocycles. The number of aliphatic hydroxyl groups excluding tert-OH is 1. The van der Waals surface area contributed by atoms with Gasteiger partial charge in [-0.3, -0.25) is 0 Å². The Morgan fingerprint density at radius 3 is 2.00 bits per heavy atom. The Kier molecular flexibility index (Phi) is 7.08. The fourth-order valence-corrected chi connectivity index (χ4v) is 0.936. The third-order valence-corrected chi connectivity index (χ3v) is 2.42. The molecule has 0 radical (unpaired) electrons. The highest BCUT2D eigenvalue weighted by Gasteiger charge is 2.06. The summed E-state index contributed by atoms with van der Waals surface area (Å²) in [4.78, 5) is 0. The van der Waals surface area contributed by atoms with Crippen molar-refractivity contribution in [1.82, 2.24) is 0 Å². The molecule has 1 N–H and O–H groups in total. The minimum Gasteiger partial charge on any atom is -0.395 e. The molecule has 0 heterocycles. The van der Waals surface area contributed by atoms with Crippen LogP contribution in [0.1, 0.15) is 12.8 Å². The predicted octanol–water partition coefficient (Wildman–Crippen LogP) is 2.21. The van der Waals surface area contributed by atoms with Gasteiger partial charge in [-0.1, -0.05) is 0 Å². The van der Waals surface area contributed by atoms with E-state index in [1.54, 1.807) is 0 Å². The molecule has 0 rings (SSSR count). The molecule has 0 aliphatic carbocycles. The normalized spacial score (nSPS) is 16.8. The molecule has 0 bridgehead atoms. The Morgan fingerprint density at radius 2 is 1.60 bits per heavy atom. The molecule has 0 aliphatic rings. The van der Waals surface area contributed by atoms with E-state index in [9.17, 15) is 0 Å². The zero-order valence-electron chi connectivity index (χ0n) is 5.56. The summed E-state index contributed by atoms with van der Waals surface area (Å²) >= 11 is 16.7. The molecule has 0 spiro atoms. The van der Waals surface area contributed by atoms with E-state index in [2.05, 4.69) is 0 Å². The SMILES string of the molecule is OC[C@H](Cl)CC[C@H](Cl)CCl. The van der Waals surface area contributed by atoms with Gasteiger partial charge < -0.3 is 5.11 Å². The van der Waals surface area contributed by atoms with Crippen LogP contribution < -0.4 is 0 Å². The maximum absolute atomic E-state index is 8.51. The molecular formula is C6H11Cl3O. The molecule has 0 aromatic heterocycles. The zero-order valence-corrected chi connectivity index (χ0v) is 7.83. The van der Waals surface area contributed by atoms with E-state index in [4.69, 9.17) is 39.9 Å². The van der Waals surface area contributed by atoms with Gasteiger partial charge in [0.25, 0.3) is 0 Å². The van der Waals surface area contributed by atoms with Crippen LogP contribution in [0, 0.1) is 0 Å². The fraction of sp³-hybridized carbons (Fsp3) is 1.00. The molecule has 62 valence electrons. The van der Waals surface area contributed by atoms with Crippen LogP contribution in [0.15, 0.2) is 0 Å². The van der Waals surface area contributed by atoms with Crippen molar-refractivity contribution in [1.29, 1.82) is 0 Å². The fourth-order valence-electron chi connectivity index (χ4n) is 0.530. The van der Waals surface area contributed by atoms with Crippen molar-refractivity contribution in [3.63, 3.8) is 0 Å². The monoisotopic (exact) mass is 204 g/mol. The van der Waals surface area contributed by atoms with Crippen LogP contribution in [0.2, 0.25) is 0 Å². The lowest BCUT2D eigenvalue weighted by Gasteiger charge is -2.07. The van der Waals surface area contributed by atoms with Crippen molar-refractivity contribution < 1.29 is 5.11 Å². The maximum Gasteiger partial charge on any atom is 0.0595 e. The summed E-state index contributed by atoms with van der Waals surface area (Å²) < 4.78 is 0. The highest BCUT2D eigenvalue weighted by molar-refractivity contribution is 6.28. The first kappa shape index (κ1) is 10.8. The summed E-state index contributed by atoms with van der Waals surface area (Å²) in [6.45, 7) is 0.00739. The molecule has 0 fully saturated rings. The molecule has 1 nitrogen and oxygen atoms in total. The molecule has 4 heteroatoms. The van der Waals surface area contributed by atoms with Gasteiger partial charge in [0.15, 0.2) is 0 Å². The van der Waals surface area contributed by atoms with Crippen molar-refractivity contribution in [2.45, 2.75) is 23.6 Å². The van der Waals surface area contributed by atoms with Crippen LogP contribution in [0.25, 0.3) is 0 Å². The Bertz CT molecular complexity index is 69.4. The zero-order chi connectivity index (χ0) is 7.98. The average molecular weight is 206 g/mol. The van der Waals surface area contributed by atoms with Crippen molar-refractivity contribution in [3.8, 4) is 0 Å². The van der Waals surface area contributed by atoms with E-state index in [1.807, 2.05) is 0 Å². The summed E-state index contributed by atoms with van der Waals surface area (Å²) in [6.07, 6.45) is 1.48. The van der Waals surface area contributed by atoms with Gasteiger partial charge in [0, 0.05) is 11.3 Å². The minimum atomic E-state index is -0.176. The quantitative estimate of drug-likeness (QED) is 0.683. The van der Waals surface area contributed by atoms with Crippen LogP contribution in [0.3, 0.4) is 0 Å². The Labute approximate surface area is 76.3 Å². The summed E-state index contributed by atoms with van der Waals surface area (Å²) in [6, 6.07) is 0. The first-order valence-electron chi connectivity index (χ1n) is 3.15. The topological polar surface area (TPSA) is 20.2 Å². The number of halogens is 3. The lowest BCUT2D eigenvalue weighted by molar-refractivity contribution is 0.287. The number of alkyl halides is 3. The van der Waals surface area contributed by atoms with Gasteiger partial charge in [0.05, 0.1) is 12.0 Å². The lowest BCUT2D eigenvalue weighted by atomic mass is 10.2. The maximum atomic E-state index is 8.51. The van der Waals surface area contributed by atoms with Gasteiger partial charge in [-0.05, 0) is 12.8 Å². The number of aliphatic hydroxyl groups is 1. The molecule has 0 saturated heterocycles. The van der Waals surface area contributed by atoms with Gasteiger partial charge in [0.2, 0.25) is 0 Å². The standard InChI is InChI=1S/C6H11Cl3O/c7-3-5(8)1-2-6(9)4-10/h5-6,10H,1-4H2/t5-,6+/m0/s1. The van der Waals surface area contributed by atoms with Crippen LogP contribution in [-0.2, 0) is 0 Å². The average Bonchev–Trinajstić information content (AvgIpc) is 1.99. The van der Waals surface area contributed by atoms with Crippen LogP contribution in [0.5, 0.6) is 0 Å². The van der Waals surface area contributed by atoms with Gasteiger partial charge in [-0.25, -0.2) is 0 Å². The third-order valence-electron chi connectivity index (χ3n) is 1.16. The van der Waals surface area contributed by atoms with Gasteiger partial charge in [0.1, 0.15) is 0 Å². The molecule has 0 aromatic rings. The van der Waals surface area contributed by atoms with Crippen molar-refractivity contribution in [3.05, 3.63) is 0 Å². The Balaban J connectivity index is 3.17. The Morgan fingerprint density at radius 1 is 1.10 bits per heavy atom. The van der Waals surface area contributed by atoms with Crippen LogP contribution in [0.4, 0.5) is 0 Å². The molecule has 2 atom stereocenters. The van der Waals surface area contributed by atoms with E-state index < -0.39 is 0 Å². The van der Waals surface area contributed by atoms with E-state index in [1.165, 1.54) is 0 Å². The molecule has 0 unspecified atom stereocenters.